The summed E-state index contributed by atoms with van der Waals surface area (Å²) in [5.41, 5.74) is -0.951. The van der Waals surface area contributed by atoms with Gasteiger partial charge in [0.25, 0.3) is 0 Å². The van der Waals surface area contributed by atoms with E-state index in [1.54, 1.807) is 0 Å². The maximum atomic E-state index is 12.8. The third-order valence-electron chi connectivity index (χ3n) is 4.44. The summed E-state index contributed by atoms with van der Waals surface area (Å²) < 4.78 is 74.6. The first-order valence-corrected chi connectivity index (χ1v) is 8.97. The molecule has 128 valence electrons. The second kappa shape index (κ2) is 5.75. The predicted molar refractivity (Wildman–Crippen MR) is 75.5 cm³/mol. The molecule has 1 saturated carbocycles. The Kier molecular flexibility index (Phi) is 4.18. The van der Waals surface area contributed by atoms with Crippen molar-refractivity contribution < 1.29 is 31.1 Å². The smallest absolute Gasteiger partial charge is 0.348 e. The van der Waals surface area contributed by atoms with Crippen molar-refractivity contribution in [3.8, 4) is 0 Å². The van der Waals surface area contributed by atoms with E-state index < -0.39 is 32.6 Å². The molecule has 1 aromatic carbocycles. The Morgan fingerprint density at radius 2 is 1.70 bits per heavy atom. The molecule has 0 unspecified atom stereocenters. The molecule has 2 fully saturated rings. The zero-order chi connectivity index (χ0) is 16.7. The molecule has 0 radical (unpaired) electrons. The van der Waals surface area contributed by atoms with Crippen molar-refractivity contribution in [2.24, 2.45) is 0 Å². The molecule has 8 heteroatoms. The highest BCUT2D eigenvalue weighted by atomic mass is 32.2. The summed E-state index contributed by atoms with van der Waals surface area (Å²) in [6.07, 6.45) is -3.05. The monoisotopic (exact) mass is 350 g/mol. The van der Waals surface area contributed by atoms with E-state index in [0.717, 1.165) is 12.1 Å². The molecule has 4 nitrogen and oxygen atoms in total. The van der Waals surface area contributed by atoms with E-state index in [9.17, 15) is 21.6 Å². The minimum atomic E-state index is -4.56. The lowest BCUT2D eigenvalue weighted by atomic mass is 9.94. The lowest BCUT2D eigenvalue weighted by molar-refractivity contribution is -0.176. The van der Waals surface area contributed by atoms with Crippen LogP contribution in [0.1, 0.15) is 31.2 Å². The van der Waals surface area contributed by atoms with E-state index in [0.29, 0.717) is 45.0 Å². The number of rotatable bonds is 2. The first-order valence-electron chi connectivity index (χ1n) is 7.42. The van der Waals surface area contributed by atoms with Gasteiger partial charge in [0.05, 0.1) is 28.9 Å². The quantitative estimate of drug-likeness (QED) is 0.822. The summed E-state index contributed by atoms with van der Waals surface area (Å²) in [5.74, 6) is -0.695. The Balaban J connectivity index is 1.80. The highest BCUT2D eigenvalue weighted by Gasteiger charge is 2.44. The van der Waals surface area contributed by atoms with Gasteiger partial charge < -0.3 is 9.47 Å². The topological polar surface area (TPSA) is 52.6 Å². The van der Waals surface area contributed by atoms with Crippen LogP contribution >= 0.6 is 0 Å². The number of hydrogen-bond donors (Lipinski definition) is 0. The summed E-state index contributed by atoms with van der Waals surface area (Å²) in [6, 6.07) is 3.93. The highest BCUT2D eigenvalue weighted by Crippen LogP contribution is 2.40. The third-order valence-corrected chi connectivity index (χ3v) is 6.70. The Hall–Kier alpha value is -1.12. The summed E-state index contributed by atoms with van der Waals surface area (Å²) in [6.45, 7) is 0.982. The largest absolute Gasteiger partial charge is 0.416 e. The average Bonchev–Trinajstić information content (AvgIpc) is 2.95. The predicted octanol–water partition coefficient (Wildman–Crippen LogP) is 3.16. The second-order valence-electron chi connectivity index (χ2n) is 5.88. The fourth-order valence-corrected chi connectivity index (χ4v) is 4.97. The van der Waals surface area contributed by atoms with Gasteiger partial charge in [0.15, 0.2) is 15.6 Å². The van der Waals surface area contributed by atoms with Gasteiger partial charge in [0, 0.05) is 12.8 Å². The fourth-order valence-electron chi connectivity index (χ4n) is 3.17. The molecule has 2 aliphatic rings. The number of alkyl halides is 3. The van der Waals surface area contributed by atoms with Crippen molar-refractivity contribution in [1.29, 1.82) is 0 Å². The number of benzene rings is 1. The van der Waals surface area contributed by atoms with Gasteiger partial charge in [-0.3, -0.25) is 0 Å². The minimum absolute atomic E-state index is 0.276. The van der Waals surface area contributed by atoms with Gasteiger partial charge in [-0.25, -0.2) is 8.42 Å². The summed E-state index contributed by atoms with van der Waals surface area (Å²) in [5, 5.41) is -0.704. The molecule has 1 aliphatic heterocycles. The zero-order valence-corrected chi connectivity index (χ0v) is 13.1. The van der Waals surface area contributed by atoms with Crippen LogP contribution in [0.5, 0.6) is 0 Å². The summed E-state index contributed by atoms with van der Waals surface area (Å²) >= 11 is 0. The van der Waals surface area contributed by atoms with E-state index in [4.69, 9.17) is 9.47 Å². The Morgan fingerprint density at radius 1 is 1.09 bits per heavy atom. The average molecular weight is 350 g/mol. The number of hydrogen-bond acceptors (Lipinski definition) is 4. The van der Waals surface area contributed by atoms with Crippen molar-refractivity contribution >= 4 is 9.84 Å². The minimum Gasteiger partial charge on any atom is -0.348 e. The molecule has 0 bridgehead atoms. The van der Waals surface area contributed by atoms with Crippen LogP contribution in [0.15, 0.2) is 29.2 Å². The number of ether oxygens (including phenoxy) is 2. The van der Waals surface area contributed by atoms with E-state index in [1.807, 2.05) is 0 Å². The molecule has 3 rings (SSSR count). The first-order chi connectivity index (χ1) is 10.7. The second-order valence-corrected chi connectivity index (χ2v) is 8.11. The summed E-state index contributed by atoms with van der Waals surface area (Å²) in [4.78, 5) is -0.276. The molecular formula is C15H17F3O4S. The van der Waals surface area contributed by atoms with Crippen LogP contribution in [0, 0.1) is 0 Å². The van der Waals surface area contributed by atoms with Crippen LogP contribution in [0.3, 0.4) is 0 Å². The van der Waals surface area contributed by atoms with Gasteiger partial charge in [-0.2, -0.15) is 13.2 Å². The van der Waals surface area contributed by atoms with Crippen LogP contribution in [-0.4, -0.2) is 32.7 Å². The molecule has 0 N–H and O–H groups in total. The molecule has 1 aromatic rings. The van der Waals surface area contributed by atoms with E-state index >= 15 is 0 Å². The zero-order valence-electron chi connectivity index (χ0n) is 12.3. The standard InChI is InChI=1S/C15H17F3O4S/c16-15(17,18)11-2-1-3-13(10-11)23(19,20)12-4-6-14(7-5-12)21-8-9-22-14/h1-3,10,12H,4-9H2. The van der Waals surface area contributed by atoms with Crippen LogP contribution in [0.25, 0.3) is 0 Å². The summed E-state index contributed by atoms with van der Waals surface area (Å²) in [7, 11) is -3.80. The number of halogens is 3. The highest BCUT2D eigenvalue weighted by molar-refractivity contribution is 7.92. The maximum absolute atomic E-state index is 12.8. The molecule has 1 aliphatic carbocycles. The van der Waals surface area contributed by atoms with Crippen molar-refractivity contribution in [2.45, 2.75) is 47.8 Å². The van der Waals surface area contributed by atoms with Gasteiger partial charge >= 0.3 is 6.18 Å². The molecule has 1 spiro atoms. The van der Waals surface area contributed by atoms with Gasteiger partial charge in [0.2, 0.25) is 0 Å². The van der Waals surface area contributed by atoms with Crippen molar-refractivity contribution in [3.63, 3.8) is 0 Å². The van der Waals surface area contributed by atoms with Gasteiger partial charge in [0.1, 0.15) is 0 Å². The Labute approximate surface area is 132 Å². The SMILES string of the molecule is O=S(=O)(c1cccc(C(F)(F)F)c1)C1CCC2(CC1)OCCO2. The first kappa shape index (κ1) is 16.7. The van der Waals surface area contributed by atoms with Gasteiger partial charge in [-0.05, 0) is 31.0 Å². The van der Waals surface area contributed by atoms with E-state index in [2.05, 4.69) is 0 Å². The molecule has 23 heavy (non-hydrogen) atoms. The van der Waals surface area contributed by atoms with Crippen LogP contribution in [0.2, 0.25) is 0 Å². The lowest BCUT2D eigenvalue weighted by Crippen LogP contribution is -2.39. The lowest BCUT2D eigenvalue weighted by Gasteiger charge is -2.35. The van der Waals surface area contributed by atoms with Crippen LogP contribution in [-0.2, 0) is 25.5 Å². The molecule has 0 aromatic heterocycles. The molecular weight excluding hydrogens is 333 g/mol. The molecule has 1 saturated heterocycles. The van der Waals surface area contributed by atoms with E-state index in [1.165, 1.54) is 6.07 Å². The third kappa shape index (κ3) is 3.25. The van der Waals surface area contributed by atoms with Crippen molar-refractivity contribution in [3.05, 3.63) is 29.8 Å². The Morgan fingerprint density at radius 3 is 2.26 bits per heavy atom. The van der Waals surface area contributed by atoms with Gasteiger partial charge in [-0.15, -0.1) is 0 Å². The maximum Gasteiger partial charge on any atom is 0.416 e. The fraction of sp³-hybridized carbons (Fsp3) is 0.600. The molecule has 0 atom stereocenters. The van der Waals surface area contributed by atoms with Crippen molar-refractivity contribution in [1.82, 2.24) is 0 Å². The van der Waals surface area contributed by atoms with E-state index in [-0.39, 0.29) is 4.90 Å². The normalized spacial score (nSPS) is 22.6. The van der Waals surface area contributed by atoms with Crippen LogP contribution in [0.4, 0.5) is 13.2 Å². The molecule has 0 amide bonds. The Bertz CT molecular complexity index is 668. The van der Waals surface area contributed by atoms with Crippen LogP contribution < -0.4 is 0 Å². The molecule has 1 heterocycles. The number of sulfone groups is 1. The van der Waals surface area contributed by atoms with Crippen molar-refractivity contribution in [2.75, 3.05) is 13.2 Å². The van der Waals surface area contributed by atoms with Gasteiger partial charge in [-0.1, -0.05) is 6.07 Å².